The topological polar surface area (TPSA) is 96.3 Å². The molecule has 2 fully saturated rings. The van der Waals surface area contributed by atoms with Gasteiger partial charge < -0.3 is 15.5 Å². The molecule has 1 aliphatic carbocycles. The molecule has 1 aliphatic heterocycles. The van der Waals surface area contributed by atoms with Gasteiger partial charge in [0.15, 0.2) is 5.82 Å². The number of benzene rings is 2. The minimum Gasteiger partial charge on any atom is -0.348 e. The van der Waals surface area contributed by atoms with E-state index < -0.39 is 0 Å². The van der Waals surface area contributed by atoms with Crippen molar-refractivity contribution < 1.29 is 9.59 Å². The highest BCUT2D eigenvalue weighted by Crippen LogP contribution is 2.52. The molecule has 8 heteroatoms. The number of hydrogen-bond donors (Lipinski definition) is 2. The number of hydrogen-bond acceptors (Lipinski definition) is 5. The number of fused-ring (bicyclic) bond motifs is 3. The molecule has 3 aromatic rings. The van der Waals surface area contributed by atoms with E-state index in [1.807, 2.05) is 24.3 Å². The van der Waals surface area contributed by atoms with Crippen LogP contribution in [0.5, 0.6) is 0 Å². The molecule has 1 saturated carbocycles. The number of anilines is 3. The summed E-state index contributed by atoms with van der Waals surface area (Å²) in [5.74, 6) is -0.0291. The molecule has 1 saturated heterocycles. The molecule has 5 rings (SSSR count). The van der Waals surface area contributed by atoms with Gasteiger partial charge in [-0.15, -0.1) is 0 Å². The van der Waals surface area contributed by atoms with E-state index in [4.69, 9.17) is 4.98 Å². The van der Waals surface area contributed by atoms with Gasteiger partial charge in [-0.1, -0.05) is 32.9 Å². The second-order valence-electron chi connectivity index (χ2n) is 11.5. The lowest BCUT2D eigenvalue weighted by atomic mass is 9.65. The van der Waals surface area contributed by atoms with Crippen molar-refractivity contribution in [2.75, 3.05) is 22.1 Å². The number of para-hydroxylation sites is 2. The van der Waals surface area contributed by atoms with E-state index in [1.165, 1.54) is 11.5 Å². The van der Waals surface area contributed by atoms with E-state index in [9.17, 15) is 14.4 Å². The molecule has 1 aromatic heterocycles. The number of aromatic nitrogens is 2. The van der Waals surface area contributed by atoms with Gasteiger partial charge in [0.1, 0.15) is 6.54 Å². The van der Waals surface area contributed by atoms with Gasteiger partial charge in [-0.05, 0) is 66.5 Å². The summed E-state index contributed by atoms with van der Waals surface area (Å²) in [5.41, 5.74) is 2.70. The zero-order valence-corrected chi connectivity index (χ0v) is 21.3. The number of carbonyl (C=O) groups excluding carboxylic acids is 2. The Balaban J connectivity index is 1.45. The first-order valence-corrected chi connectivity index (χ1v) is 12.5. The van der Waals surface area contributed by atoms with Gasteiger partial charge in [-0.25, -0.2) is 4.98 Å². The highest BCUT2D eigenvalue weighted by atomic mass is 16.2. The summed E-state index contributed by atoms with van der Waals surface area (Å²) in [4.78, 5) is 45.0. The van der Waals surface area contributed by atoms with Crippen LogP contribution in [0.3, 0.4) is 0 Å². The Morgan fingerprint density at radius 2 is 1.67 bits per heavy atom. The maximum atomic E-state index is 13.8. The Labute approximate surface area is 210 Å². The van der Waals surface area contributed by atoms with Gasteiger partial charge in [0.2, 0.25) is 11.8 Å². The highest BCUT2D eigenvalue weighted by molar-refractivity contribution is 5.93. The lowest BCUT2D eigenvalue weighted by molar-refractivity contribution is -0.117. The molecule has 2 aliphatic rings. The van der Waals surface area contributed by atoms with Crippen LogP contribution in [0.25, 0.3) is 11.0 Å². The van der Waals surface area contributed by atoms with Gasteiger partial charge in [-0.3, -0.25) is 19.0 Å². The summed E-state index contributed by atoms with van der Waals surface area (Å²) >= 11 is 0. The van der Waals surface area contributed by atoms with E-state index in [2.05, 4.69) is 36.3 Å². The molecule has 8 nitrogen and oxygen atoms in total. The fourth-order valence-electron chi connectivity index (χ4n) is 6.41. The van der Waals surface area contributed by atoms with Crippen molar-refractivity contribution in [3.63, 3.8) is 0 Å². The average molecular weight is 488 g/mol. The summed E-state index contributed by atoms with van der Waals surface area (Å²) < 4.78 is 1.54. The molecular formula is C28H33N5O3. The van der Waals surface area contributed by atoms with Crippen molar-refractivity contribution in [3.05, 3.63) is 58.9 Å². The fourth-order valence-corrected chi connectivity index (χ4v) is 6.41. The van der Waals surface area contributed by atoms with Crippen molar-refractivity contribution in [1.82, 2.24) is 9.55 Å². The van der Waals surface area contributed by atoms with Crippen LogP contribution >= 0.6 is 0 Å². The van der Waals surface area contributed by atoms with Gasteiger partial charge in [0, 0.05) is 30.9 Å². The zero-order chi connectivity index (χ0) is 25.7. The van der Waals surface area contributed by atoms with Gasteiger partial charge in [0.25, 0.3) is 5.56 Å². The first-order chi connectivity index (χ1) is 17.0. The smallest absolute Gasteiger partial charge is 0.294 e. The largest absolute Gasteiger partial charge is 0.348 e. The third kappa shape index (κ3) is 4.72. The normalized spacial score (nSPS) is 22.4. The van der Waals surface area contributed by atoms with Crippen LogP contribution in [-0.2, 0) is 16.1 Å². The van der Waals surface area contributed by atoms with Crippen molar-refractivity contribution in [2.24, 2.45) is 10.8 Å². The third-order valence-corrected chi connectivity index (χ3v) is 7.31. The lowest BCUT2D eigenvalue weighted by Crippen LogP contribution is -2.39. The summed E-state index contributed by atoms with van der Waals surface area (Å²) in [6.07, 6.45) is 3.20. The minimum absolute atomic E-state index is 0.121. The second-order valence-corrected chi connectivity index (χ2v) is 11.5. The van der Waals surface area contributed by atoms with E-state index in [0.29, 0.717) is 28.2 Å². The van der Waals surface area contributed by atoms with Crippen molar-refractivity contribution in [3.8, 4) is 0 Å². The van der Waals surface area contributed by atoms with Crippen LogP contribution in [0.2, 0.25) is 0 Å². The van der Waals surface area contributed by atoms with Gasteiger partial charge in [-0.2, -0.15) is 0 Å². The number of amides is 2. The maximum absolute atomic E-state index is 13.8. The fraction of sp³-hybridized carbons (Fsp3) is 0.429. The molecule has 2 aromatic carbocycles. The number of carbonyl (C=O) groups is 2. The Morgan fingerprint density at radius 1 is 1.00 bits per heavy atom. The predicted molar refractivity (Wildman–Crippen MR) is 142 cm³/mol. The molecule has 2 amide bonds. The highest BCUT2D eigenvalue weighted by Gasteiger charge is 2.50. The quantitative estimate of drug-likeness (QED) is 0.556. The molecule has 36 heavy (non-hydrogen) atoms. The molecule has 0 radical (unpaired) electrons. The molecular weight excluding hydrogens is 454 g/mol. The predicted octanol–water partition coefficient (Wildman–Crippen LogP) is 4.40. The third-order valence-electron chi connectivity index (χ3n) is 7.31. The average Bonchev–Trinajstić information content (AvgIpc) is 3.04. The number of rotatable bonds is 5. The van der Waals surface area contributed by atoms with E-state index in [1.54, 1.807) is 24.3 Å². The van der Waals surface area contributed by atoms with E-state index in [0.717, 1.165) is 25.8 Å². The van der Waals surface area contributed by atoms with Crippen LogP contribution in [0, 0.1) is 10.8 Å². The first-order valence-electron chi connectivity index (χ1n) is 12.5. The van der Waals surface area contributed by atoms with Crippen LogP contribution in [0.4, 0.5) is 17.2 Å². The monoisotopic (exact) mass is 487 g/mol. The molecule has 2 heterocycles. The first kappa shape index (κ1) is 24.0. The molecule has 2 N–H and O–H groups in total. The van der Waals surface area contributed by atoms with Crippen molar-refractivity contribution >= 4 is 40.0 Å². The van der Waals surface area contributed by atoms with Crippen LogP contribution in [0.15, 0.2) is 53.3 Å². The van der Waals surface area contributed by atoms with Crippen LogP contribution in [0.1, 0.15) is 47.0 Å². The zero-order valence-electron chi connectivity index (χ0n) is 21.3. The minimum atomic E-state index is -0.306. The SMILES string of the molecule is CC(=O)Nc1ccc(NC(=O)Cn2c(=O)c(N3C[C@@]4(C)C[C@H]3CC(C)(C)C4)nc3ccccc32)cc1. The molecule has 188 valence electrons. The molecule has 0 unspecified atom stereocenters. The second kappa shape index (κ2) is 8.76. The molecule has 2 bridgehead atoms. The maximum Gasteiger partial charge on any atom is 0.294 e. The number of nitrogens with zero attached hydrogens (tertiary/aromatic N) is 3. The Kier molecular flexibility index (Phi) is 5.85. The Morgan fingerprint density at radius 3 is 2.36 bits per heavy atom. The summed E-state index contributed by atoms with van der Waals surface area (Å²) in [6.45, 7) is 9.04. The standard InChI is InChI=1S/C28H33N5O3/c1-18(34)29-19-9-11-20(12-10-19)30-24(35)15-32-23-8-6-5-7-22(23)31-25(26(32)36)33-17-28(4)14-21(33)13-27(2,3)16-28/h5-12,21H,13-17H2,1-4H3,(H,29,34)(H,30,35)/t21-,28+/m1/s1. The lowest BCUT2D eigenvalue weighted by Gasteiger charge is -2.39. The summed E-state index contributed by atoms with van der Waals surface area (Å²) in [5, 5.41) is 5.56. The van der Waals surface area contributed by atoms with Crippen molar-refractivity contribution in [1.29, 1.82) is 0 Å². The molecule has 2 atom stereocenters. The van der Waals surface area contributed by atoms with Gasteiger partial charge >= 0.3 is 0 Å². The van der Waals surface area contributed by atoms with Gasteiger partial charge in [0.05, 0.1) is 11.0 Å². The van der Waals surface area contributed by atoms with Crippen LogP contribution in [-0.4, -0.2) is 34.0 Å². The van der Waals surface area contributed by atoms with E-state index >= 15 is 0 Å². The number of nitrogens with one attached hydrogen (secondary N) is 2. The van der Waals surface area contributed by atoms with E-state index in [-0.39, 0.29) is 40.8 Å². The Hall–Kier alpha value is -3.68. The van der Waals surface area contributed by atoms with Crippen molar-refractivity contribution in [2.45, 2.75) is 59.5 Å². The summed E-state index contributed by atoms with van der Waals surface area (Å²) in [6, 6.07) is 14.6. The van der Waals surface area contributed by atoms with Crippen LogP contribution < -0.4 is 21.1 Å². The molecule has 0 spiro atoms. The Bertz CT molecular complexity index is 1390. The summed E-state index contributed by atoms with van der Waals surface area (Å²) in [7, 11) is 0.